The number of carbonyl (C=O) groups excluding carboxylic acids is 1. The van der Waals surface area contributed by atoms with Gasteiger partial charge in [0.1, 0.15) is 5.65 Å². The van der Waals surface area contributed by atoms with Crippen LogP contribution in [0.5, 0.6) is 5.19 Å². The summed E-state index contributed by atoms with van der Waals surface area (Å²) in [7, 11) is 0. The normalized spacial score (nSPS) is 21.0. The number of ether oxygens (including phenoxy) is 1. The number of thiazole rings is 1. The maximum absolute atomic E-state index is 13.1. The fourth-order valence-corrected chi connectivity index (χ4v) is 6.11. The molecule has 5 rings (SSSR count). The van der Waals surface area contributed by atoms with Crippen molar-refractivity contribution in [2.45, 2.75) is 64.8 Å². The van der Waals surface area contributed by atoms with Gasteiger partial charge in [-0.05, 0) is 76.0 Å². The molecule has 0 bridgehead atoms. The summed E-state index contributed by atoms with van der Waals surface area (Å²) in [5.74, 6) is -2.08. The zero-order chi connectivity index (χ0) is 26.0. The summed E-state index contributed by atoms with van der Waals surface area (Å²) in [6.07, 6.45) is 12.0. The van der Waals surface area contributed by atoms with Crippen LogP contribution in [-0.2, 0) is 13.0 Å². The Morgan fingerprint density at radius 2 is 2.11 bits per heavy atom. The highest BCUT2D eigenvalue weighted by atomic mass is 32.1. The van der Waals surface area contributed by atoms with Crippen molar-refractivity contribution in [2.24, 2.45) is 16.8 Å². The molecule has 10 heteroatoms. The molecule has 1 fully saturated rings. The quantitative estimate of drug-likeness (QED) is 0.355. The van der Waals surface area contributed by atoms with Crippen LogP contribution >= 0.6 is 11.3 Å². The molecule has 198 valence electrons. The van der Waals surface area contributed by atoms with Gasteiger partial charge in [-0.15, -0.1) is 0 Å². The van der Waals surface area contributed by atoms with E-state index in [1.165, 1.54) is 11.3 Å². The second kappa shape index (κ2) is 10.9. The molecule has 3 aromatic rings. The fourth-order valence-electron chi connectivity index (χ4n) is 5.21. The van der Waals surface area contributed by atoms with Crippen LogP contribution in [0.4, 0.5) is 8.78 Å². The van der Waals surface area contributed by atoms with Crippen molar-refractivity contribution >= 4 is 29.1 Å². The van der Waals surface area contributed by atoms with Crippen molar-refractivity contribution < 1.29 is 18.3 Å². The zero-order valence-corrected chi connectivity index (χ0v) is 22.1. The minimum atomic E-state index is -2.85. The third-order valence-electron chi connectivity index (χ3n) is 7.22. The number of alkyl halides is 2. The summed E-state index contributed by atoms with van der Waals surface area (Å²) in [6.45, 7) is 4.86. The number of hydrogen-bond acceptors (Lipinski definition) is 6. The highest BCUT2D eigenvalue weighted by Crippen LogP contribution is 2.33. The molecule has 3 aromatic heterocycles. The summed E-state index contributed by atoms with van der Waals surface area (Å²) >= 11 is 1.40. The van der Waals surface area contributed by atoms with E-state index in [1.54, 1.807) is 6.07 Å². The molecule has 0 saturated heterocycles. The maximum Gasteiger partial charge on any atom is 0.280 e. The van der Waals surface area contributed by atoms with Gasteiger partial charge in [-0.2, -0.15) is 0 Å². The van der Waals surface area contributed by atoms with Gasteiger partial charge in [0, 0.05) is 43.5 Å². The number of aliphatic imine (C=N–C) groups is 1. The molecular formula is C27H33F2N5O2S. The molecule has 0 radical (unpaired) electrons. The molecular weight excluding hydrogens is 496 g/mol. The van der Waals surface area contributed by atoms with Crippen LogP contribution in [0, 0.1) is 18.8 Å². The molecule has 1 amide bonds. The Labute approximate surface area is 219 Å². The van der Waals surface area contributed by atoms with E-state index in [2.05, 4.69) is 19.9 Å². The van der Waals surface area contributed by atoms with Crippen LogP contribution in [0.1, 0.15) is 65.7 Å². The van der Waals surface area contributed by atoms with Gasteiger partial charge in [-0.1, -0.05) is 11.3 Å². The lowest BCUT2D eigenvalue weighted by Crippen LogP contribution is -2.32. The molecule has 37 heavy (non-hydrogen) atoms. The van der Waals surface area contributed by atoms with Gasteiger partial charge in [0.15, 0.2) is 6.61 Å². The SMILES string of the molecule is Cc1cn2cccc(C(=O)N=CC3CCC(CCN4CCc5sc(OCC(C)(F)F)nc5C4)CC3)c2n1. The first-order chi connectivity index (χ1) is 17.7. The van der Waals surface area contributed by atoms with Crippen molar-refractivity contribution in [3.8, 4) is 5.19 Å². The second-order valence-corrected chi connectivity index (χ2v) is 11.5. The molecule has 7 nitrogen and oxygen atoms in total. The second-order valence-electron chi connectivity index (χ2n) is 10.4. The topological polar surface area (TPSA) is 72.1 Å². The summed E-state index contributed by atoms with van der Waals surface area (Å²) in [5, 5.41) is 0.350. The van der Waals surface area contributed by atoms with E-state index in [-0.39, 0.29) is 5.91 Å². The summed E-state index contributed by atoms with van der Waals surface area (Å²) in [5.41, 5.74) is 3.03. The van der Waals surface area contributed by atoms with E-state index in [0.717, 1.165) is 81.3 Å². The number of fused-ring (bicyclic) bond motifs is 2. The van der Waals surface area contributed by atoms with Gasteiger partial charge in [-0.3, -0.25) is 9.69 Å². The van der Waals surface area contributed by atoms with Gasteiger partial charge < -0.3 is 9.14 Å². The standard InChI is InChI=1S/C27H33F2N5O2S/c1-18-15-34-11-3-4-21(24(34)31-18)25(35)30-14-20-7-5-19(6-8-20)9-12-33-13-10-23-22(16-33)32-26(37-23)36-17-27(2,28)29/h3-4,11,14-15,19-20H,5-10,12-13,16-17H2,1-2H3. The van der Waals surface area contributed by atoms with E-state index >= 15 is 0 Å². The molecule has 0 spiro atoms. The number of rotatable bonds is 8. The lowest BCUT2D eigenvalue weighted by Gasteiger charge is -2.30. The van der Waals surface area contributed by atoms with Gasteiger partial charge >= 0.3 is 0 Å². The number of hydrogen-bond donors (Lipinski definition) is 0. The predicted octanol–water partition coefficient (Wildman–Crippen LogP) is 5.60. The smallest absolute Gasteiger partial charge is 0.280 e. The monoisotopic (exact) mass is 529 g/mol. The Kier molecular flexibility index (Phi) is 7.67. The zero-order valence-electron chi connectivity index (χ0n) is 21.3. The fraction of sp³-hybridized carbons (Fsp3) is 0.556. The number of halogens is 2. The third-order valence-corrected chi connectivity index (χ3v) is 8.29. The van der Waals surface area contributed by atoms with E-state index in [4.69, 9.17) is 4.74 Å². The number of aryl methyl sites for hydroxylation is 1. The van der Waals surface area contributed by atoms with Crippen LogP contribution in [0.15, 0.2) is 29.5 Å². The summed E-state index contributed by atoms with van der Waals surface area (Å²) in [4.78, 5) is 29.5. The molecule has 0 N–H and O–H groups in total. The Bertz CT molecular complexity index is 1270. The summed E-state index contributed by atoms with van der Waals surface area (Å²) < 4.78 is 33.2. The van der Waals surface area contributed by atoms with Gasteiger partial charge in [-0.25, -0.2) is 23.7 Å². The van der Waals surface area contributed by atoms with Crippen LogP contribution in [0.2, 0.25) is 0 Å². The number of imidazole rings is 1. The molecule has 1 aliphatic heterocycles. The minimum Gasteiger partial charge on any atom is -0.464 e. The van der Waals surface area contributed by atoms with E-state index in [1.807, 2.05) is 36.0 Å². The predicted molar refractivity (Wildman–Crippen MR) is 140 cm³/mol. The van der Waals surface area contributed by atoms with E-state index < -0.39 is 12.5 Å². The maximum atomic E-state index is 13.1. The minimum absolute atomic E-state index is 0.234. The van der Waals surface area contributed by atoms with Crippen LogP contribution in [0.25, 0.3) is 5.65 Å². The Morgan fingerprint density at radius 3 is 2.89 bits per heavy atom. The van der Waals surface area contributed by atoms with Crippen molar-refractivity contribution in [1.82, 2.24) is 19.3 Å². The summed E-state index contributed by atoms with van der Waals surface area (Å²) in [6, 6.07) is 3.63. The van der Waals surface area contributed by atoms with Crippen molar-refractivity contribution in [3.63, 3.8) is 0 Å². The van der Waals surface area contributed by atoms with Crippen LogP contribution in [-0.4, -0.2) is 57.0 Å². The molecule has 4 heterocycles. The Morgan fingerprint density at radius 1 is 1.30 bits per heavy atom. The van der Waals surface area contributed by atoms with Crippen molar-refractivity contribution in [3.05, 3.63) is 46.4 Å². The first kappa shape index (κ1) is 25.9. The Hall–Kier alpha value is -2.72. The third kappa shape index (κ3) is 6.59. The Balaban J connectivity index is 1.06. The van der Waals surface area contributed by atoms with Crippen LogP contribution < -0.4 is 4.74 Å². The highest BCUT2D eigenvalue weighted by Gasteiger charge is 2.26. The largest absolute Gasteiger partial charge is 0.464 e. The number of nitrogens with zero attached hydrogens (tertiary/aromatic N) is 5. The van der Waals surface area contributed by atoms with Crippen molar-refractivity contribution in [2.75, 3.05) is 19.7 Å². The average Bonchev–Trinajstić information content (AvgIpc) is 3.46. The van der Waals surface area contributed by atoms with E-state index in [0.29, 0.717) is 28.2 Å². The molecule has 1 saturated carbocycles. The number of carbonyl (C=O) groups is 1. The lowest BCUT2D eigenvalue weighted by atomic mass is 9.81. The molecule has 0 aromatic carbocycles. The van der Waals surface area contributed by atoms with Crippen molar-refractivity contribution in [1.29, 1.82) is 0 Å². The lowest BCUT2D eigenvalue weighted by molar-refractivity contribution is -0.0230. The molecule has 0 unspecified atom stereocenters. The molecule has 2 aliphatic rings. The average molecular weight is 530 g/mol. The van der Waals surface area contributed by atoms with Gasteiger partial charge in [0.25, 0.3) is 17.0 Å². The molecule has 1 aliphatic carbocycles. The number of amides is 1. The van der Waals surface area contributed by atoms with Gasteiger partial charge in [0.05, 0.1) is 17.0 Å². The first-order valence-corrected chi connectivity index (χ1v) is 13.8. The number of aromatic nitrogens is 3. The number of pyridine rings is 1. The van der Waals surface area contributed by atoms with Crippen LogP contribution in [0.3, 0.4) is 0 Å². The highest BCUT2D eigenvalue weighted by molar-refractivity contribution is 7.13. The van der Waals surface area contributed by atoms with E-state index in [9.17, 15) is 13.6 Å². The van der Waals surface area contributed by atoms with Gasteiger partial charge in [0.2, 0.25) is 0 Å². The molecule has 0 atom stereocenters. The first-order valence-electron chi connectivity index (χ1n) is 13.0.